The Labute approximate surface area is 119 Å². The fourth-order valence-electron chi connectivity index (χ4n) is 2.20. The molecule has 3 unspecified atom stereocenters. The lowest BCUT2D eigenvalue weighted by Crippen LogP contribution is -2.60. The molecule has 114 valence electrons. The summed E-state index contributed by atoms with van der Waals surface area (Å²) in [5.74, 6) is -0.114. The number of hydrogen-bond acceptors (Lipinski definition) is 5. The number of hydrogen-bond donors (Lipinski definition) is 2. The number of nitrogens with two attached hydrogens (primary N) is 1. The number of ether oxygens (including phenoxy) is 1. The number of nitrogens with zero attached hydrogens (tertiary/aromatic N) is 2. The van der Waals surface area contributed by atoms with Gasteiger partial charge in [-0.25, -0.2) is 4.98 Å². The molecule has 1 saturated carbocycles. The van der Waals surface area contributed by atoms with Crippen LogP contribution in [0.4, 0.5) is 19.0 Å². The van der Waals surface area contributed by atoms with Crippen molar-refractivity contribution < 1.29 is 17.9 Å². The summed E-state index contributed by atoms with van der Waals surface area (Å²) < 4.78 is 43.5. The predicted molar refractivity (Wildman–Crippen MR) is 69.4 cm³/mol. The Morgan fingerprint density at radius 3 is 2.76 bits per heavy atom. The van der Waals surface area contributed by atoms with Crippen LogP contribution in [0.1, 0.15) is 24.6 Å². The summed E-state index contributed by atoms with van der Waals surface area (Å²) in [6.07, 6.45) is -4.13. The molecule has 0 bridgehead atoms. The van der Waals surface area contributed by atoms with E-state index in [1.54, 1.807) is 0 Å². The van der Waals surface area contributed by atoms with E-state index in [0.29, 0.717) is 13.0 Å². The highest BCUT2D eigenvalue weighted by molar-refractivity contribution is 5.54. The van der Waals surface area contributed by atoms with Crippen LogP contribution in [0.25, 0.3) is 0 Å². The Balaban J connectivity index is 2.24. The highest BCUT2D eigenvalue weighted by Gasteiger charge is 2.40. The second-order valence-electron chi connectivity index (χ2n) is 4.77. The number of alkyl halides is 3. The van der Waals surface area contributed by atoms with Gasteiger partial charge in [0.25, 0.3) is 0 Å². The molecule has 0 saturated heterocycles. The first kappa shape index (κ1) is 15.5. The SMILES string of the molecule is CCOC1CC(N)C1Nc1nc(C(F)(F)F)ccc1C#N. The van der Waals surface area contributed by atoms with E-state index in [0.717, 1.165) is 12.1 Å². The molecular weight excluding hydrogens is 285 g/mol. The minimum atomic E-state index is -4.56. The smallest absolute Gasteiger partial charge is 0.376 e. The molecule has 8 heteroatoms. The largest absolute Gasteiger partial charge is 0.433 e. The molecule has 0 radical (unpaired) electrons. The highest BCUT2D eigenvalue weighted by atomic mass is 19.4. The summed E-state index contributed by atoms with van der Waals surface area (Å²) in [5, 5.41) is 11.8. The van der Waals surface area contributed by atoms with Crippen molar-refractivity contribution in [1.29, 1.82) is 5.26 Å². The van der Waals surface area contributed by atoms with Crippen LogP contribution >= 0.6 is 0 Å². The molecule has 1 aromatic heterocycles. The van der Waals surface area contributed by atoms with E-state index >= 15 is 0 Å². The lowest BCUT2D eigenvalue weighted by molar-refractivity contribution is -0.141. The van der Waals surface area contributed by atoms with Crippen molar-refractivity contribution in [3.8, 4) is 6.07 Å². The minimum Gasteiger partial charge on any atom is -0.376 e. The third kappa shape index (κ3) is 3.25. The quantitative estimate of drug-likeness (QED) is 0.887. The van der Waals surface area contributed by atoms with Crippen molar-refractivity contribution in [2.24, 2.45) is 5.73 Å². The monoisotopic (exact) mass is 300 g/mol. The predicted octanol–water partition coefficient (Wildman–Crippen LogP) is 1.89. The van der Waals surface area contributed by atoms with Gasteiger partial charge in [0.15, 0.2) is 0 Å². The van der Waals surface area contributed by atoms with Gasteiger partial charge in [0.1, 0.15) is 17.6 Å². The van der Waals surface area contributed by atoms with Crippen LogP contribution in [0.2, 0.25) is 0 Å². The van der Waals surface area contributed by atoms with Crippen LogP contribution in [-0.4, -0.2) is 29.8 Å². The fraction of sp³-hybridized carbons (Fsp3) is 0.538. The summed E-state index contributed by atoms with van der Waals surface area (Å²) in [5.41, 5.74) is 4.82. The van der Waals surface area contributed by atoms with Gasteiger partial charge >= 0.3 is 6.18 Å². The summed E-state index contributed by atoms with van der Waals surface area (Å²) in [7, 11) is 0. The molecule has 0 amide bonds. The fourth-order valence-corrected chi connectivity index (χ4v) is 2.20. The molecule has 1 aliphatic rings. The lowest BCUT2D eigenvalue weighted by Gasteiger charge is -2.42. The number of rotatable bonds is 4. The molecule has 1 fully saturated rings. The van der Waals surface area contributed by atoms with E-state index < -0.39 is 11.9 Å². The van der Waals surface area contributed by atoms with Gasteiger partial charge < -0.3 is 15.8 Å². The van der Waals surface area contributed by atoms with Crippen molar-refractivity contribution >= 4 is 5.82 Å². The number of anilines is 1. The molecule has 1 aromatic rings. The van der Waals surface area contributed by atoms with Crippen LogP contribution < -0.4 is 11.1 Å². The Bertz CT molecular complexity index is 553. The zero-order valence-electron chi connectivity index (χ0n) is 11.3. The first-order valence-electron chi connectivity index (χ1n) is 6.49. The maximum absolute atomic E-state index is 12.7. The van der Waals surface area contributed by atoms with Gasteiger partial charge in [0, 0.05) is 12.6 Å². The van der Waals surface area contributed by atoms with E-state index in [1.165, 1.54) is 0 Å². The summed E-state index contributed by atoms with van der Waals surface area (Å²) in [6, 6.07) is 3.09. The van der Waals surface area contributed by atoms with E-state index in [-0.39, 0.29) is 29.6 Å². The van der Waals surface area contributed by atoms with Gasteiger partial charge in [-0.05, 0) is 25.5 Å². The van der Waals surface area contributed by atoms with Crippen molar-refractivity contribution in [3.63, 3.8) is 0 Å². The van der Waals surface area contributed by atoms with Gasteiger partial charge in [0.2, 0.25) is 0 Å². The molecule has 0 aromatic carbocycles. The van der Waals surface area contributed by atoms with Gasteiger partial charge in [-0.1, -0.05) is 0 Å². The molecule has 5 nitrogen and oxygen atoms in total. The van der Waals surface area contributed by atoms with Crippen LogP contribution in [0.3, 0.4) is 0 Å². The zero-order chi connectivity index (χ0) is 15.6. The van der Waals surface area contributed by atoms with E-state index in [2.05, 4.69) is 10.3 Å². The van der Waals surface area contributed by atoms with Crippen LogP contribution in [0, 0.1) is 11.3 Å². The number of nitrogens with one attached hydrogen (secondary N) is 1. The highest BCUT2D eigenvalue weighted by Crippen LogP contribution is 2.31. The topological polar surface area (TPSA) is 84.0 Å². The molecule has 1 heterocycles. The third-order valence-electron chi connectivity index (χ3n) is 3.36. The summed E-state index contributed by atoms with van der Waals surface area (Å²) in [4.78, 5) is 3.50. The minimum absolute atomic E-state index is 0.0392. The first-order chi connectivity index (χ1) is 9.86. The van der Waals surface area contributed by atoms with E-state index in [4.69, 9.17) is 15.7 Å². The van der Waals surface area contributed by atoms with Gasteiger partial charge in [-0.15, -0.1) is 0 Å². The number of nitriles is 1. The zero-order valence-corrected chi connectivity index (χ0v) is 11.3. The number of pyridine rings is 1. The molecule has 0 spiro atoms. The third-order valence-corrected chi connectivity index (χ3v) is 3.36. The van der Waals surface area contributed by atoms with Gasteiger partial charge in [-0.2, -0.15) is 18.4 Å². The van der Waals surface area contributed by atoms with Crippen molar-refractivity contribution in [1.82, 2.24) is 4.98 Å². The summed E-state index contributed by atoms with van der Waals surface area (Å²) in [6.45, 7) is 2.31. The van der Waals surface area contributed by atoms with Gasteiger partial charge in [0.05, 0.1) is 17.7 Å². The average Bonchev–Trinajstić information content (AvgIpc) is 2.43. The second-order valence-corrected chi connectivity index (χ2v) is 4.77. The maximum Gasteiger partial charge on any atom is 0.433 e. The standard InChI is InChI=1S/C13H15F3N4O/c1-2-21-9-5-8(18)11(9)20-12-7(6-17)3-4-10(19-12)13(14,15)16/h3-4,8-9,11H,2,5,18H2,1H3,(H,19,20). The molecule has 2 rings (SSSR count). The van der Waals surface area contributed by atoms with E-state index in [9.17, 15) is 13.2 Å². The van der Waals surface area contributed by atoms with E-state index in [1.807, 2.05) is 13.0 Å². The number of halogens is 3. The normalized spacial score (nSPS) is 25.0. The second kappa shape index (κ2) is 5.87. The molecule has 3 atom stereocenters. The molecule has 0 aliphatic heterocycles. The molecule has 21 heavy (non-hydrogen) atoms. The van der Waals surface area contributed by atoms with Crippen LogP contribution in [-0.2, 0) is 10.9 Å². The lowest BCUT2D eigenvalue weighted by atomic mass is 9.83. The Kier molecular flexibility index (Phi) is 4.34. The Hall–Kier alpha value is -1.85. The van der Waals surface area contributed by atoms with Gasteiger partial charge in [-0.3, -0.25) is 0 Å². The summed E-state index contributed by atoms with van der Waals surface area (Å²) >= 11 is 0. The van der Waals surface area contributed by atoms with Crippen molar-refractivity contribution in [2.75, 3.05) is 11.9 Å². The molecular formula is C13H15F3N4O. The van der Waals surface area contributed by atoms with Crippen molar-refractivity contribution in [3.05, 3.63) is 23.4 Å². The van der Waals surface area contributed by atoms with Crippen molar-refractivity contribution in [2.45, 2.75) is 37.7 Å². The van der Waals surface area contributed by atoms with Crippen LogP contribution in [0.5, 0.6) is 0 Å². The molecule has 3 N–H and O–H groups in total. The Morgan fingerprint density at radius 1 is 1.52 bits per heavy atom. The Morgan fingerprint density at radius 2 is 2.24 bits per heavy atom. The average molecular weight is 300 g/mol. The van der Waals surface area contributed by atoms with Crippen LogP contribution in [0.15, 0.2) is 12.1 Å². The number of aromatic nitrogens is 1. The molecule has 1 aliphatic carbocycles. The first-order valence-corrected chi connectivity index (χ1v) is 6.49. The maximum atomic E-state index is 12.7.